The number of carbonyl (C=O) groups excluding carboxylic acids is 1. The minimum absolute atomic E-state index is 0.184. The van der Waals surface area contributed by atoms with Crippen LogP contribution in [0.15, 0.2) is 24.3 Å². The Morgan fingerprint density at radius 1 is 1.20 bits per heavy atom. The normalized spacial score (nSPS) is 18.9. The van der Waals surface area contributed by atoms with E-state index in [1.54, 1.807) is 0 Å². The maximum Gasteiger partial charge on any atom is 0.254 e. The summed E-state index contributed by atoms with van der Waals surface area (Å²) in [6.07, 6.45) is 3.50. The molecule has 0 saturated carbocycles. The van der Waals surface area contributed by atoms with Crippen LogP contribution in [0.1, 0.15) is 50.4 Å². The SMILES string of the molecule is CCN(CC)c1ccc(C(=O)N2CCCC[C@@H]2C)cc1. The molecule has 1 amide bonds. The van der Waals surface area contributed by atoms with Crippen LogP contribution in [0.3, 0.4) is 0 Å². The fourth-order valence-electron chi connectivity index (χ4n) is 2.97. The Kier molecular flexibility index (Phi) is 5.05. The molecule has 1 heterocycles. The minimum atomic E-state index is 0.184. The Bertz CT molecular complexity index is 437. The van der Waals surface area contributed by atoms with Crippen molar-refractivity contribution >= 4 is 11.6 Å². The van der Waals surface area contributed by atoms with E-state index in [0.29, 0.717) is 6.04 Å². The largest absolute Gasteiger partial charge is 0.372 e. The van der Waals surface area contributed by atoms with Gasteiger partial charge in [0.25, 0.3) is 5.91 Å². The topological polar surface area (TPSA) is 23.6 Å². The Balaban J connectivity index is 2.11. The first-order chi connectivity index (χ1) is 9.67. The molecule has 20 heavy (non-hydrogen) atoms. The first-order valence-electron chi connectivity index (χ1n) is 7.83. The van der Waals surface area contributed by atoms with Crippen LogP contribution in [0.4, 0.5) is 5.69 Å². The summed E-state index contributed by atoms with van der Waals surface area (Å²) in [7, 11) is 0. The van der Waals surface area contributed by atoms with E-state index in [9.17, 15) is 4.79 Å². The summed E-state index contributed by atoms with van der Waals surface area (Å²) in [5.41, 5.74) is 2.01. The van der Waals surface area contributed by atoms with Crippen LogP contribution in [0, 0.1) is 0 Å². The molecule has 1 fully saturated rings. The summed E-state index contributed by atoms with van der Waals surface area (Å²) in [6, 6.07) is 8.44. The van der Waals surface area contributed by atoms with Crippen molar-refractivity contribution in [2.45, 2.75) is 46.1 Å². The van der Waals surface area contributed by atoms with Gasteiger partial charge in [-0.3, -0.25) is 4.79 Å². The average molecular weight is 274 g/mol. The van der Waals surface area contributed by atoms with E-state index in [0.717, 1.165) is 38.0 Å². The predicted octanol–water partition coefficient (Wildman–Crippen LogP) is 3.55. The van der Waals surface area contributed by atoms with Gasteiger partial charge in [0, 0.05) is 36.9 Å². The highest BCUT2D eigenvalue weighted by Gasteiger charge is 2.24. The molecule has 0 spiro atoms. The van der Waals surface area contributed by atoms with Gasteiger partial charge < -0.3 is 9.80 Å². The molecule has 2 rings (SSSR count). The van der Waals surface area contributed by atoms with Crippen molar-refractivity contribution in [2.75, 3.05) is 24.5 Å². The van der Waals surface area contributed by atoms with Gasteiger partial charge >= 0.3 is 0 Å². The Hall–Kier alpha value is -1.51. The fraction of sp³-hybridized carbons (Fsp3) is 0.588. The average Bonchev–Trinajstić information content (AvgIpc) is 2.49. The third-order valence-corrected chi connectivity index (χ3v) is 4.31. The van der Waals surface area contributed by atoms with Gasteiger partial charge in [-0.25, -0.2) is 0 Å². The van der Waals surface area contributed by atoms with E-state index in [2.05, 4.69) is 37.8 Å². The molecule has 110 valence electrons. The number of rotatable bonds is 4. The molecular weight excluding hydrogens is 248 g/mol. The van der Waals surface area contributed by atoms with Gasteiger partial charge in [-0.15, -0.1) is 0 Å². The van der Waals surface area contributed by atoms with Gasteiger partial charge in [0.15, 0.2) is 0 Å². The molecule has 3 heteroatoms. The standard InChI is InChI=1S/C17H26N2O/c1-4-18(5-2)16-11-9-15(10-12-16)17(20)19-13-7-6-8-14(19)3/h9-12,14H,4-8,13H2,1-3H3/t14-/m0/s1. The van der Waals surface area contributed by atoms with Crippen molar-refractivity contribution in [1.29, 1.82) is 0 Å². The molecular formula is C17H26N2O. The zero-order valence-electron chi connectivity index (χ0n) is 12.9. The van der Waals surface area contributed by atoms with Crippen LogP contribution in [-0.4, -0.2) is 36.5 Å². The van der Waals surface area contributed by atoms with Crippen molar-refractivity contribution in [3.63, 3.8) is 0 Å². The Labute approximate surface area is 122 Å². The number of hydrogen-bond donors (Lipinski definition) is 0. The molecule has 0 unspecified atom stereocenters. The van der Waals surface area contributed by atoms with E-state index < -0.39 is 0 Å². The highest BCUT2D eigenvalue weighted by atomic mass is 16.2. The van der Waals surface area contributed by atoms with Crippen LogP contribution in [0.25, 0.3) is 0 Å². The van der Waals surface area contributed by atoms with E-state index in [1.807, 2.05) is 17.0 Å². The lowest BCUT2D eigenvalue weighted by atomic mass is 10.0. The van der Waals surface area contributed by atoms with Crippen LogP contribution in [-0.2, 0) is 0 Å². The fourth-order valence-corrected chi connectivity index (χ4v) is 2.97. The van der Waals surface area contributed by atoms with Gasteiger partial charge in [0.1, 0.15) is 0 Å². The second kappa shape index (κ2) is 6.78. The van der Waals surface area contributed by atoms with Gasteiger partial charge in [-0.2, -0.15) is 0 Å². The van der Waals surface area contributed by atoms with Crippen LogP contribution in [0.2, 0.25) is 0 Å². The summed E-state index contributed by atoms with van der Waals surface area (Å²) in [5, 5.41) is 0. The molecule has 3 nitrogen and oxygen atoms in total. The van der Waals surface area contributed by atoms with Crippen molar-refractivity contribution in [3.05, 3.63) is 29.8 Å². The quantitative estimate of drug-likeness (QED) is 0.838. The van der Waals surface area contributed by atoms with Crippen molar-refractivity contribution in [1.82, 2.24) is 4.90 Å². The maximum atomic E-state index is 12.5. The smallest absolute Gasteiger partial charge is 0.254 e. The Morgan fingerprint density at radius 3 is 2.40 bits per heavy atom. The lowest BCUT2D eigenvalue weighted by Gasteiger charge is -2.33. The first kappa shape index (κ1) is 14.9. The summed E-state index contributed by atoms with van der Waals surface area (Å²) < 4.78 is 0. The molecule has 1 aliphatic rings. The van der Waals surface area contributed by atoms with Gasteiger partial charge in [0.05, 0.1) is 0 Å². The monoisotopic (exact) mass is 274 g/mol. The summed E-state index contributed by atoms with van der Waals surface area (Å²) in [6.45, 7) is 9.34. The molecule has 1 atom stereocenters. The van der Waals surface area contributed by atoms with Crippen LogP contribution in [0.5, 0.6) is 0 Å². The Morgan fingerprint density at radius 2 is 1.85 bits per heavy atom. The van der Waals surface area contributed by atoms with Crippen molar-refractivity contribution < 1.29 is 4.79 Å². The van der Waals surface area contributed by atoms with Gasteiger partial charge in [-0.05, 0) is 64.3 Å². The highest BCUT2D eigenvalue weighted by molar-refractivity contribution is 5.94. The number of amides is 1. The number of carbonyl (C=O) groups is 1. The predicted molar refractivity (Wildman–Crippen MR) is 84.4 cm³/mol. The van der Waals surface area contributed by atoms with Crippen molar-refractivity contribution in [3.8, 4) is 0 Å². The molecule has 1 saturated heterocycles. The van der Waals surface area contributed by atoms with E-state index in [1.165, 1.54) is 12.1 Å². The number of benzene rings is 1. The molecule has 0 aromatic heterocycles. The summed E-state index contributed by atoms with van der Waals surface area (Å²) in [5.74, 6) is 0.184. The van der Waals surface area contributed by atoms with Gasteiger partial charge in [0.2, 0.25) is 0 Å². The van der Waals surface area contributed by atoms with Gasteiger partial charge in [-0.1, -0.05) is 0 Å². The van der Waals surface area contributed by atoms with Crippen LogP contribution >= 0.6 is 0 Å². The number of piperidine rings is 1. The van der Waals surface area contributed by atoms with E-state index in [-0.39, 0.29) is 5.91 Å². The lowest BCUT2D eigenvalue weighted by molar-refractivity contribution is 0.0635. The third kappa shape index (κ3) is 3.14. The highest BCUT2D eigenvalue weighted by Crippen LogP contribution is 2.21. The molecule has 1 aromatic rings. The molecule has 0 radical (unpaired) electrons. The minimum Gasteiger partial charge on any atom is -0.372 e. The summed E-state index contributed by atoms with van der Waals surface area (Å²) in [4.78, 5) is 16.9. The second-order valence-corrected chi connectivity index (χ2v) is 5.56. The molecule has 0 N–H and O–H groups in total. The maximum absolute atomic E-state index is 12.5. The molecule has 0 aliphatic carbocycles. The van der Waals surface area contributed by atoms with Crippen LogP contribution < -0.4 is 4.90 Å². The van der Waals surface area contributed by atoms with E-state index in [4.69, 9.17) is 0 Å². The number of anilines is 1. The zero-order chi connectivity index (χ0) is 14.5. The number of hydrogen-bond acceptors (Lipinski definition) is 2. The van der Waals surface area contributed by atoms with E-state index >= 15 is 0 Å². The lowest BCUT2D eigenvalue weighted by Crippen LogP contribution is -2.42. The summed E-state index contributed by atoms with van der Waals surface area (Å²) >= 11 is 0. The second-order valence-electron chi connectivity index (χ2n) is 5.56. The number of likely N-dealkylation sites (tertiary alicyclic amines) is 1. The third-order valence-electron chi connectivity index (χ3n) is 4.31. The molecule has 1 aromatic carbocycles. The first-order valence-corrected chi connectivity index (χ1v) is 7.83. The molecule has 0 bridgehead atoms. The molecule has 1 aliphatic heterocycles. The number of nitrogens with zero attached hydrogens (tertiary/aromatic N) is 2. The van der Waals surface area contributed by atoms with Crippen molar-refractivity contribution in [2.24, 2.45) is 0 Å². The zero-order valence-corrected chi connectivity index (χ0v) is 12.9.